The summed E-state index contributed by atoms with van der Waals surface area (Å²) in [5.41, 5.74) is 4.64. The summed E-state index contributed by atoms with van der Waals surface area (Å²) >= 11 is 0. The number of ether oxygens (including phenoxy) is 1. The molecule has 0 N–H and O–H groups in total. The van der Waals surface area contributed by atoms with E-state index < -0.39 is 0 Å². The van der Waals surface area contributed by atoms with Crippen molar-refractivity contribution >= 4 is 10.8 Å². The maximum atomic E-state index is 14.6. The van der Waals surface area contributed by atoms with Gasteiger partial charge < -0.3 is 4.74 Å². The average molecular weight is 441 g/mol. The molecular formula is C30H26F2O. The first kappa shape index (κ1) is 22.7. The zero-order valence-electron chi connectivity index (χ0n) is 18.7. The second-order valence-corrected chi connectivity index (χ2v) is 8.18. The Hall–Kier alpha value is -3.48. The molecule has 0 amide bonds. The van der Waals surface area contributed by atoms with Gasteiger partial charge in [0.2, 0.25) is 0 Å². The lowest BCUT2D eigenvalue weighted by atomic mass is 10.0. The van der Waals surface area contributed by atoms with E-state index in [1.165, 1.54) is 23.3 Å². The number of methoxy groups -OCH3 is 1. The van der Waals surface area contributed by atoms with Gasteiger partial charge in [-0.3, -0.25) is 0 Å². The van der Waals surface area contributed by atoms with Gasteiger partial charge in [-0.25, -0.2) is 8.78 Å². The molecule has 0 atom stereocenters. The number of hydrogen-bond donors (Lipinski definition) is 0. The molecule has 0 fully saturated rings. The Morgan fingerprint density at radius 2 is 1.33 bits per heavy atom. The fourth-order valence-electron chi connectivity index (χ4n) is 3.83. The van der Waals surface area contributed by atoms with E-state index in [0.717, 1.165) is 54.2 Å². The summed E-state index contributed by atoms with van der Waals surface area (Å²) in [6.45, 7) is 0.775. The lowest BCUT2D eigenvalue weighted by Crippen LogP contribution is -1.95. The van der Waals surface area contributed by atoms with Crippen LogP contribution < -0.4 is 0 Å². The van der Waals surface area contributed by atoms with Gasteiger partial charge in [0.1, 0.15) is 11.6 Å². The molecule has 0 bridgehead atoms. The lowest BCUT2D eigenvalue weighted by molar-refractivity contribution is 0.195. The number of rotatable bonds is 7. The Kier molecular flexibility index (Phi) is 7.50. The van der Waals surface area contributed by atoms with E-state index in [-0.39, 0.29) is 11.6 Å². The third kappa shape index (κ3) is 6.28. The quantitative estimate of drug-likeness (QED) is 0.225. The zero-order chi connectivity index (χ0) is 23.0. The molecule has 0 heterocycles. The van der Waals surface area contributed by atoms with Gasteiger partial charge in [-0.2, -0.15) is 0 Å². The van der Waals surface area contributed by atoms with Gasteiger partial charge in [0.05, 0.1) is 5.56 Å². The smallest absolute Gasteiger partial charge is 0.139 e. The molecule has 0 saturated heterocycles. The summed E-state index contributed by atoms with van der Waals surface area (Å²) in [5.74, 6) is 5.37. The van der Waals surface area contributed by atoms with E-state index in [1.807, 2.05) is 24.3 Å². The van der Waals surface area contributed by atoms with Crippen molar-refractivity contribution in [2.24, 2.45) is 0 Å². The van der Waals surface area contributed by atoms with Crippen LogP contribution in [0, 0.1) is 23.5 Å². The Balaban J connectivity index is 1.38. The number of halogens is 2. The van der Waals surface area contributed by atoms with E-state index in [4.69, 9.17) is 4.74 Å². The minimum atomic E-state index is -0.309. The van der Waals surface area contributed by atoms with Crippen molar-refractivity contribution in [1.82, 2.24) is 0 Å². The summed E-state index contributed by atoms with van der Waals surface area (Å²) in [4.78, 5) is 0. The maximum Gasteiger partial charge on any atom is 0.139 e. The molecule has 4 aromatic carbocycles. The molecule has 0 aromatic heterocycles. The molecule has 33 heavy (non-hydrogen) atoms. The van der Waals surface area contributed by atoms with Crippen molar-refractivity contribution < 1.29 is 13.5 Å². The van der Waals surface area contributed by atoms with Crippen LogP contribution in [0.1, 0.15) is 34.2 Å². The Morgan fingerprint density at radius 3 is 2.09 bits per heavy atom. The second-order valence-electron chi connectivity index (χ2n) is 8.18. The van der Waals surface area contributed by atoms with E-state index in [0.29, 0.717) is 5.56 Å². The van der Waals surface area contributed by atoms with Gasteiger partial charge in [-0.15, -0.1) is 0 Å². The molecule has 166 valence electrons. The topological polar surface area (TPSA) is 9.23 Å². The van der Waals surface area contributed by atoms with Crippen LogP contribution in [-0.2, 0) is 24.0 Å². The molecule has 0 unspecified atom stereocenters. The van der Waals surface area contributed by atoms with E-state index >= 15 is 0 Å². The number of benzene rings is 4. The number of fused-ring (bicyclic) bond motifs is 1. The molecule has 3 heteroatoms. The van der Waals surface area contributed by atoms with E-state index in [9.17, 15) is 8.78 Å². The first-order valence-corrected chi connectivity index (χ1v) is 11.2. The van der Waals surface area contributed by atoms with Gasteiger partial charge in [-0.1, -0.05) is 54.3 Å². The molecule has 4 aromatic rings. The van der Waals surface area contributed by atoms with E-state index in [1.54, 1.807) is 25.3 Å². The Morgan fingerprint density at radius 1 is 0.667 bits per heavy atom. The summed E-state index contributed by atoms with van der Waals surface area (Å²) < 4.78 is 33.1. The van der Waals surface area contributed by atoms with Gasteiger partial charge in [-0.05, 0) is 89.5 Å². The lowest BCUT2D eigenvalue weighted by Gasteiger charge is -2.06. The predicted octanol–water partition coefficient (Wildman–Crippen LogP) is 6.88. The van der Waals surface area contributed by atoms with E-state index in [2.05, 4.69) is 36.1 Å². The normalized spacial score (nSPS) is 10.8. The van der Waals surface area contributed by atoms with Crippen molar-refractivity contribution in [3.8, 4) is 11.8 Å². The highest BCUT2D eigenvalue weighted by atomic mass is 19.1. The fraction of sp³-hybridized carbons (Fsp3) is 0.200. The standard InChI is InChI=1S/C30H26F2O/c1-33-18-2-3-22-4-6-23(7-5-22)8-9-25-11-14-26(30(32)20-25)13-10-24-12-15-28-21-29(31)17-16-27(28)19-24/h4-7,11-12,14-17,19-21H,2-3,8-9,18H2,1H3. The van der Waals surface area contributed by atoms with Crippen LogP contribution in [0.4, 0.5) is 8.78 Å². The molecule has 0 aliphatic carbocycles. The number of hydrogen-bond acceptors (Lipinski definition) is 1. The highest BCUT2D eigenvalue weighted by Gasteiger charge is 2.03. The van der Waals surface area contributed by atoms with Crippen molar-refractivity contribution in [3.05, 3.63) is 118 Å². The van der Waals surface area contributed by atoms with Crippen molar-refractivity contribution in [1.29, 1.82) is 0 Å². The Bertz CT molecular complexity index is 1300. The monoisotopic (exact) mass is 440 g/mol. The van der Waals surface area contributed by atoms with Crippen molar-refractivity contribution in [2.75, 3.05) is 13.7 Å². The molecule has 0 aliphatic rings. The second kappa shape index (κ2) is 10.9. The molecule has 0 spiro atoms. The van der Waals surface area contributed by atoms with Gasteiger partial charge >= 0.3 is 0 Å². The van der Waals surface area contributed by atoms with Crippen LogP contribution in [0.15, 0.2) is 78.9 Å². The molecule has 0 saturated carbocycles. The molecule has 1 nitrogen and oxygen atoms in total. The van der Waals surface area contributed by atoms with Gasteiger partial charge in [0.25, 0.3) is 0 Å². The van der Waals surface area contributed by atoms with Crippen molar-refractivity contribution in [3.63, 3.8) is 0 Å². The summed E-state index contributed by atoms with van der Waals surface area (Å²) in [6.07, 6.45) is 3.67. The third-order valence-corrected chi connectivity index (χ3v) is 5.72. The summed E-state index contributed by atoms with van der Waals surface area (Å²) in [6, 6.07) is 24.1. The van der Waals surface area contributed by atoms with Crippen LogP contribution in [0.3, 0.4) is 0 Å². The summed E-state index contributed by atoms with van der Waals surface area (Å²) in [5, 5.41) is 1.72. The van der Waals surface area contributed by atoms with Crippen LogP contribution in [0.5, 0.6) is 0 Å². The van der Waals surface area contributed by atoms with Crippen molar-refractivity contribution in [2.45, 2.75) is 25.7 Å². The maximum absolute atomic E-state index is 14.6. The molecule has 4 rings (SSSR count). The largest absolute Gasteiger partial charge is 0.385 e. The van der Waals surface area contributed by atoms with Gasteiger partial charge in [0.15, 0.2) is 0 Å². The minimum absolute atomic E-state index is 0.265. The highest BCUT2D eigenvalue weighted by molar-refractivity contribution is 5.84. The molecule has 0 aliphatic heterocycles. The zero-order valence-corrected chi connectivity index (χ0v) is 18.7. The first-order valence-electron chi connectivity index (χ1n) is 11.2. The first-order chi connectivity index (χ1) is 16.1. The van der Waals surface area contributed by atoms with Crippen LogP contribution in [0.2, 0.25) is 0 Å². The summed E-state index contributed by atoms with van der Waals surface area (Å²) in [7, 11) is 1.72. The third-order valence-electron chi connectivity index (χ3n) is 5.72. The van der Waals surface area contributed by atoms with Gasteiger partial charge in [0, 0.05) is 19.3 Å². The average Bonchev–Trinajstić information content (AvgIpc) is 2.83. The highest BCUT2D eigenvalue weighted by Crippen LogP contribution is 2.18. The van der Waals surface area contributed by atoms with Crippen LogP contribution in [-0.4, -0.2) is 13.7 Å². The molecule has 0 radical (unpaired) electrons. The molecular weight excluding hydrogens is 414 g/mol. The number of aryl methyl sites for hydroxylation is 3. The predicted molar refractivity (Wildman–Crippen MR) is 130 cm³/mol. The fourth-order valence-corrected chi connectivity index (χ4v) is 3.83. The van der Waals surface area contributed by atoms with Crippen LogP contribution in [0.25, 0.3) is 10.8 Å². The Labute approximate surface area is 194 Å². The minimum Gasteiger partial charge on any atom is -0.385 e. The SMILES string of the molecule is COCCCc1ccc(CCc2ccc(C#Cc3ccc4cc(F)ccc4c3)c(F)c2)cc1. The van der Waals surface area contributed by atoms with Crippen LogP contribution >= 0.6 is 0 Å².